The highest BCUT2D eigenvalue weighted by molar-refractivity contribution is 7.92. The predicted octanol–water partition coefficient (Wildman–Crippen LogP) is 1.98. The highest BCUT2D eigenvalue weighted by Gasteiger charge is 2.22. The number of carbonyl (C=O) groups is 1. The summed E-state index contributed by atoms with van der Waals surface area (Å²) in [6, 6.07) is 5.94. The molecule has 0 unspecified atom stereocenters. The molecule has 0 atom stereocenters. The Morgan fingerprint density at radius 1 is 1.28 bits per heavy atom. The number of nitrogens with zero attached hydrogens (tertiary/aromatic N) is 1. The Labute approximate surface area is 112 Å². The van der Waals surface area contributed by atoms with Crippen molar-refractivity contribution in [1.82, 2.24) is 4.90 Å². The van der Waals surface area contributed by atoms with Crippen molar-refractivity contribution in [2.75, 3.05) is 18.8 Å². The van der Waals surface area contributed by atoms with Crippen LogP contribution in [0.3, 0.4) is 0 Å². The first-order chi connectivity index (χ1) is 8.40. The molecule has 4 nitrogen and oxygen atoms in total. The second-order valence-corrected chi connectivity index (χ2v) is 6.21. The second kappa shape index (κ2) is 6.20. The number of hydrogen-bond donors (Lipinski definition) is 0. The molecule has 0 aliphatic heterocycles. The zero-order valence-corrected chi connectivity index (χ0v) is 12.0. The van der Waals surface area contributed by atoms with Crippen LogP contribution in [0.1, 0.15) is 13.8 Å². The van der Waals surface area contributed by atoms with Gasteiger partial charge in [0.15, 0.2) is 9.84 Å². The van der Waals surface area contributed by atoms with Gasteiger partial charge in [-0.1, -0.05) is 17.7 Å². The van der Waals surface area contributed by atoms with Gasteiger partial charge in [-0.25, -0.2) is 8.42 Å². The highest BCUT2D eigenvalue weighted by Crippen LogP contribution is 2.17. The number of sulfone groups is 1. The van der Waals surface area contributed by atoms with E-state index in [1.807, 2.05) is 13.8 Å². The van der Waals surface area contributed by atoms with Gasteiger partial charge in [0.1, 0.15) is 5.75 Å². The van der Waals surface area contributed by atoms with Crippen LogP contribution in [0.5, 0.6) is 0 Å². The lowest BCUT2D eigenvalue weighted by Gasteiger charge is -2.18. The number of carbonyl (C=O) groups excluding carboxylic acids is 1. The summed E-state index contributed by atoms with van der Waals surface area (Å²) in [6.07, 6.45) is 0. The van der Waals surface area contributed by atoms with E-state index in [0.29, 0.717) is 18.1 Å². The second-order valence-electron chi connectivity index (χ2n) is 3.78. The van der Waals surface area contributed by atoms with Crippen molar-refractivity contribution in [1.29, 1.82) is 0 Å². The maximum atomic E-state index is 12.0. The maximum Gasteiger partial charge on any atom is 0.238 e. The van der Waals surface area contributed by atoms with Crippen LogP contribution >= 0.6 is 11.6 Å². The van der Waals surface area contributed by atoms with Gasteiger partial charge in [0.25, 0.3) is 0 Å². The fourth-order valence-electron chi connectivity index (χ4n) is 1.57. The van der Waals surface area contributed by atoms with Gasteiger partial charge < -0.3 is 4.90 Å². The van der Waals surface area contributed by atoms with Crippen LogP contribution in [0, 0.1) is 0 Å². The molecule has 6 heteroatoms. The number of benzene rings is 1. The largest absolute Gasteiger partial charge is 0.342 e. The van der Waals surface area contributed by atoms with Gasteiger partial charge in [0.2, 0.25) is 5.91 Å². The van der Waals surface area contributed by atoms with E-state index >= 15 is 0 Å². The Balaban J connectivity index is 2.92. The van der Waals surface area contributed by atoms with E-state index in [0.717, 1.165) is 0 Å². The van der Waals surface area contributed by atoms with Gasteiger partial charge >= 0.3 is 0 Å². The molecular weight excluding hydrogens is 274 g/mol. The molecule has 0 N–H and O–H groups in total. The summed E-state index contributed by atoms with van der Waals surface area (Å²) in [5.41, 5.74) is 0. The lowest BCUT2D eigenvalue weighted by atomic mass is 10.4. The number of hydrogen-bond acceptors (Lipinski definition) is 3. The van der Waals surface area contributed by atoms with Crippen molar-refractivity contribution < 1.29 is 13.2 Å². The van der Waals surface area contributed by atoms with Crippen LogP contribution < -0.4 is 0 Å². The molecule has 0 saturated carbocycles. The van der Waals surface area contributed by atoms with Gasteiger partial charge in [-0.2, -0.15) is 0 Å². The summed E-state index contributed by atoms with van der Waals surface area (Å²) in [7, 11) is -3.62. The van der Waals surface area contributed by atoms with E-state index in [9.17, 15) is 13.2 Å². The third kappa shape index (κ3) is 3.71. The van der Waals surface area contributed by atoms with E-state index in [1.165, 1.54) is 17.0 Å². The minimum absolute atomic E-state index is 0.0792. The quantitative estimate of drug-likeness (QED) is 0.833. The zero-order valence-electron chi connectivity index (χ0n) is 10.4. The Morgan fingerprint density at radius 2 is 1.89 bits per heavy atom. The van der Waals surface area contributed by atoms with E-state index in [1.54, 1.807) is 12.1 Å². The minimum Gasteiger partial charge on any atom is -0.342 e. The van der Waals surface area contributed by atoms with Crippen molar-refractivity contribution in [3.8, 4) is 0 Å². The highest BCUT2D eigenvalue weighted by atomic mass is 35.5. The summed E-state index contributed by atoms with van der Waals surface area (Å²) >= 11 is 5.74. The van der Waals surface area contributed by atoms with Gasteiger partial charge in [-0.3, -0.25) is 4.79 Å². The number of halogens is 1. The van der Waals surface area contributed by atoms with Gasteiger partial charge in [-0.05, 0) is 32.0 Å². The van der Waals surface area contributed by atoms with Crippen molar-refractivity contribution >= 4 is 27.3 Å². The molecular formula is C12H16ClNO3S. The van der Waals surface area contributed by atoms with Crippen LogP contribution in [-0.2, 0) is 14.6 Å². The standard InChI is InChI=1S/C12H16ClNO3S/c1-3-14(4-2)12(15)9-18(16,17)11-7-5-6-10(13)8-11/h5-8H,3-4,9H2,1-2H3. The first-order valence-electron chi connectivity index (χ1n) is 5.66. The minimum atomic E-state index is -3.62. The van der Waals surface area contributed by atoms with E-state index in [4.69, 9.17) is 11.6 Å². The van der Waals surface area contributed by atoms with Crippen molar-refractivity contribution in [3.05, 3.63) is 29.3 Å². The van der Waals surface area contributed by atoms with Crippen LogP contribution in [0.2, 0.25) is 5.02 Å². The van der Waals surface area contributed by atoms with Crippen molar-refractivity contribution in [2.24, 2.45) is 0 Å². The Bertz CT molecular complexity index is 524. The molecule has 1 amide bonds. The molecule has 0 aliphatic carbocycles. The smallest absolute Gasteiger partial charge is 0.238 e. The maximum absolute atomic E-state index is 12.0. The van der Waals surface area contributed by atoms with Gasteiger partial charge in [-0.15, -0.1) is 0 Å². The average Bonchev–Trinajstić information content (AvgIpc) is 2.30. The normalized spacial score (nSPS) is 11.3. The summed E-state index contributed by atoms with van der Waals surface area (Å²) in [4.78, 5) is 13.4. The summed E-state index contributed by atoms with van der Waals surface area (Å²) in [6.45, 7) is 4.63. The number of amides is 1. The van der Waals surface area contributed by atoms with Crippen LogP contribution in [0.25, 0.3) is 0 Å². The van der Waals surface area contributed by atoms with Crippen molar-refractivity contribution in [2.45, 2.75) is 18.7 Å². The monoisotopic (exact) mass is 289 g/mol. The molecule has 0 heterocycles. The van der Waals surface area contributed by atoms with Crippen LogP contribution in [0.4, 0.5) is 0 Å². The third-order valence-electron chi connectivity index (χ3n) is 2.58. The van der Waals surface area contributed by atoms with E-state index in [-0.39, 0.29) is 10.8 Å². The Kier molecular flexibility index (Phi) is 5.16. The molecule has 18 heavy (non-hydrogen) atoms. The van der Waals surface area contributed by atoms with Gasteiger partial charge in [0, 0.05) is 18.1 Å². The van der Waals surface area contributed by atoms with Crippen LogP contribution in [0.15, 0.2) is 29.2 Å². The first kappa shape index (κ1) is 15.0. The SMILES string of the molecule is CCN(CC)C(=O)CS(=O)(=O)c1cccc(Cl)c1. The number of rotatable bonds is 5. The van der Waals surface area contributed by atoms with E-state index < -0.39 is 15.6 Å². The molecule has 0 aromatic heterocycles. The molecule has 0 aliphatic rings. The predicted molar refractivity (Wildman–Crippen MR) is 71.4 cm³/mol. The summed E-state index contributed by atoms with van der Waals surface area (Å²) < 4.78 is 24.0. The molecule has 0 saturated heterocycles. The molecule has 0 radical (unpaired) electrons. The molecule has 1 rings (SSSR count). The molecule has 0 fully saturated rings. The lowest BCUT2D eigenvalue weighted by molar-refractivity contribution is -0.128. The topological polar surface area (TPSA) is 54.5 Å². The molecule has 0 spiro atoms. The fourth-order valence-corrected chi connectivity index (χ4v) is 3.10. The van der Waals surface area contributed by atoms with Crippen molar-refractivity contribution in [3.63, 3.8) is 0 Å². The van der Waals surface area contributed by atoms with E-state index in [2.05, 4.69) is 0 Å². The Morgan fingerprint density at radius 3 is 2.39 bits per heavy atom. The fraction of sp³-hybridized carbons (Fsp3) is 0.417. The third-order valence-corrected chi connectivity index (χ3v) is 4.42. The molecule has 0 bridgehead atoms. The van der Waals surface area contributed by atoms with Gasteiger partial charge in [0.05, 0.1) is 4.90 Å². The summed E-state index contributed by atoms with van der Waals surface area (Å²) in [5.74, 6) is -0.908. The lowest BCUT2D eigenvalue weighted by Crippen LogP contribution is -2.35. The average molecular weight is 290 g/mol. The molecule has 100 valence electrons. The Hall–Kier alpha value is -1.07. The first-order valence-corrected chi connectivity index (χ1v) is 7.69. The van der Waals surface area contributed by atoms with Crippen LogP contribution in [-0.4, -0.2) is 38.1 Å². The molecule has 1 aromatic rings. The summed E-state index contributed by atoms with van der Waals surface area (Å²) in [5, 5.41) is 0.339. The zero-order chi connectivity index (χ0) is 13.8. The molecule has 1 aromatic carbocycles.